The van der Waals surface area contributed by atoms with Crippen molar-refractivity contribution in [3.63, 3.8) is 0 Å². The maximum Gasteiger partial charge on any atom is 0.283 e. The van der Waals surface area contributed by atoms with Gasteiger partial charge in [0.05, 0.1) is 12.7 Å². The molecule has 2 aliphatic heterocycles. The summed E-state index contributed by atoms with van der Waals surface area (Å²) in [5.41, 5.74) is 1.24. The number of fused-ring (bicyclic) bond motifs is 1. The molecule has 0 spiro atoms. The maximum atomic E-state index is 13.9. The number of methoxy groups -OCH3 is 1. The monoisotopic (exact) mass is 492 g/mol. The van der Waals surface area contributed by atoms with Gasteiger partial charge in [-0.1, -0.05) is 43.5 Å². The fourth-order valence-electron chi connectivity index (χ4n) is 4.35. The van der Waals surface area contributed by atoms with E-state index in [4.69, 9.17) is 14.9 Å². The summed E-state index contributed by atoms with van der Waals surface area (Å²) >= 11 is 1.40. The van der Waals surface area contributed by atoms with Gasteiger partial charge in [-0.15, -0.1) is 0 Å². The minimum atomic E-state index is -0.465. The summed E-state index contributed by atoms with van der Waals surface area (Å²) in [7, 11) is 1.51. The number of thioether (sulfide) groups is 1. The zero-order valence-electron chi connectivity index (χ0n) is 19.3. The highest BCUT2D eigenvalue weighted by molar-refractivity contribution is 8.27. The number of carbonyl (C=O) groups is 1. The van der Waals surface area contributed by atoms with Crippen LogP contribution in [-0.4, -0.2) is 34.1 Å². The summed E-state index contributed by atoms with van der Waals surface area (Å²) < 4.78 is 25.1. The Labute approximate surface area is 207 Å². The van der Waals surface area contributed by atoms with E-state index in [1.54, 1.807) is 42.5 Å². The number of hydrazone groups is 1. The van der Waals surface area contributed by atoms with Gasteiger partial charge in [0.25, 0.3) is 5.91 Å². The van der Waals surface area contributed by atoms with Gasteiger partial charge in [0.2, 0.25) is 5.17 Å². The third-order valence-electron chi connectivity index (χ3n) is 6.26. The van der Waals surface area contributed by atoms with Crippen molar-refractivity contribution in [1.29, 1.82) is 5.41 Å². The van der Waals surface area contributed by atoms with E-state index in [2.05, 4.69) is 10.1 Å². The number of amidine groups is 2. The van der Waals surface area contributed by atoms with Crippen LogP contribution in [-0.2, 0) is 11.4 Å². The van der Waals surface area contributed by atoms with Crippen LogP contribution >= 0.6 is 11.8 Å². The lowest BCUT2D eigenvalue weighted by molar-refractivity contribution is -0.114. The number of aliphatic imine (C=N–C) groups is 1. The highest BCUT2D eigenvalue weighted by atomic mass is 32.2. The maximum absolute atomic E-state index is 13.9. The zero-order chi connectivity index (χ0) is 24.4. The second kappa shape index (κ2) is 10.0. The van der Waals surface area contributed by atoms with E-state index < -0.39 is 5.91 Å². The Morgan fingerprint density at radius 3 is 2.74 bits per heavy atom. The van der Waals surface area contributed by atoms with Crippen molar-refractivity contribution in [3.8, 4) is 11.5 Å². The average molecular weight is 493 g/mol. The van der Waals surface area contributed by atoms with E-state index in [0.717, 1.165) is 17.9 Å². The number of rotatable bonds is 6. The summed E-state index contributed by atoms with van der Waals surface area (Å²) in [6.45, 7) is 0.0536. The molecule has 5 rings (SSSR count). The molecule has 0 radical (unpaired) electrons. The van der Waals surface area contributed by atoms with Crippen LogP contribution in [0, 0.1) is 17.1 Å². The number of nitrogens with zero attached hydrogens (tertiary/aromatic N) is 3. The van der Waals surface area contributed by atoms with Crippen molar-refractivity contribution in [3.05, 3.63) is 65.0 Å². The van der Waals surface area contributed by atoms with Crippen LogP contribution in [0.3, 0.4) is 0 Å². The number of amides is 1. The van der Waals surface area contributed by atoms with E-state index in [9.17, 15) is 9.18 Å². The highest BCUT2D eigenvalue weighted by Gasteiger charge is 2.38. The summed E-state index contributed by atoms with van der Waals surface area (Å²) in [6.07, 6.45) is 7.38. The second-order valence-electron chi connectivity index (χ2n) is 8.58. The van der Waals surface area contributed by atoms with Gasteiger partial charge in [-0.05, 0) is 54.4 Å². The first kappa shape index (κ1) is 23.3. The van der Waals surface area contributed by atoms with Crippen LogP contribution in [0.5, 0.6) is 11.5 Å². The highest BCUT2D eigenvalue weighted by Crippen LogP contribution is 2.36. The van der Waals surface area contributed by atoms with E-state index in [1.165, 1.54) is 49.2 Å². The molecule has 1 fully saturated rings. The van der Waals surface area contributed by atoms with Crippen molar-refractivity contribution in [2.75, 3.05) is 7.11 Å². The molecule has 1 amide bonds. The summed E-state index contributed by atoms with van der Waals surface area (Å²) in [5.74, 6) is 0.463. The number of carbonyl (C=O) groups excluding carboxylic acids is 1. The van der Waals surface area contributed by atoms with E-state index in [0.29, 0.717) is 33.7 Å². The second-order valence-corrected chi connectivity index (χ2v) is 9.57. The molecule has 1 N–H and O–H groups in total. The smallest absolute Gasteiger partial charge is 0.283 e. The predicted molar refractivity (Wildman–Crippen MR) is 135 cm³/mol. The molecule has 0 bridgehead atoms. The van der Waals surface area contributed by atoms with Gasteiger partial charge >= 0.3 is 0 Å². The molecule has 7 nitrogen and oxygen atoms in total. The van der Waals surface area contributed by atoms with Crippen molar-refractivity contribution >= 4 is 39.8 Å². The number of benzene rings is 2. The van der Waals surface area contributed by atoms with Crippen molar-refractivity contribution in [1.82, 2.24) is 5.01 Å². The van der Waals surface area contributed by atoms with Crippen LogP contribution in [0.15, 0.2) is 58.1 Å². The molecule has 2 heterocycles. The molecular formula is C26H25FN4O3S. The van der Waals surface area contributed by atoms with Gasteiger partial charge in [-0.2, -0.15) is 15.1 Å². The van der Waals surface area contributed by atoms with E-state index in [-0.39, 0.29) is 23.8 Å². The van der Waals surface area contributed by atoms with Crippen molar-refractivity contribution < 1.29 is 18.7 Å². The van der Waals surface area contributed by atoms with Gasteiger partial charge in [-0.3, -0.25) is 10.2 Å². The molecule has 3 aliphatic rings. The number of halogens is 1. The number of hydrogen-bond acceptors (Lipinski definition) is 6. The lowest BCUT2D eigenvalue weighted by Crippen LogP contribution is -2.35. The van der Waals surface area contributed by atoms with Crippen molar-refractivity contribution in [2.45, 2.75) is 38.7 Å². The van der Waals surface area contributed by atoms with Gasteiger partial charge in [0, 0.05) is 11.5 Å². The minimum Gasteiger partial charge on any atom is -0.493 e. The van der Waals surface area contributed by atoms with Gasteiger partial charge < -0.3 is 9.47 Å². The standard InChI is InChI=1S/C26H25FN4O3S/c1-33-22-14-16(11-12-21(22)34-15-18-9-5-6-10-20(18)27)13-19-23(28)31-26(29-24(19)32)35-25(30-31)17-7-3-2-4-8-17/h5-6,9-14,17,28H,2-4,7-8,15H2,1H3/b19-13-,28-23?. The van der Waals surface area contributed by atoms with Gasteiger partial charge in [0.1, 0.15) is 17.5 Å². The quantitative estimate of drug-likeness (QED) is 0.530. The molecule has 9 heteroatoms. The third-order valence-corrected chi connectivity index (χ3v) is 7.34. The van der Waals surface area contributed by atoms with Crippen LogP contribution in [0.4, 0.5) is 4.39 Å². The Bertz CT molecular complexity index is 1270. The number of ether oxygens (including phenoxy) is 2. The molecule has 0 atom stereocenters. The fourth-order valence-corrected chi connectivity index (χ4v) is 5.41. The Morgan fingerprint density at radius 2 is 1.97 bits per heavy atom. The van der Waals surface area contributed by atoms with Gasteiger partial charge in [-0.25, -0.2) is 4.39 Å². The molecule has 0 aromatic heterocycles. The lowest BCUT2D eigenvalue weighted by atomic mass is 9.90. The fraction of sp³-hybridized carbons (Fsp3) is 0.308. The Morgan fingerprint density at radius 1 is 1.17 bits per heavy atom. The predicted octanol–water partition coefficient (Wildman–Crippen LogP) is 5.61. The number of nitrogens with one attached hydrogen (secondary N) is 1. The lowest BCUT2D eigenvalue weighted by Gasteiger charge is -2.20. The third kappa shape index (κ3) is 4.86. The van der Waals surface area contributed by atoms with E-state index >= 15 is 0 Å². The topological polar surface area (TPSA) is 87.3 Å². The SMILES string of the molecule is COc1cc(/C=C2/C(=N)N3N=C(C4CCCCC4)SC3=NC2=O)ccc1OCc1ccccc1F. The zero-order valence-corrected chi connectivity index (χ0v) is 20.1. The Balaban J connectivity index is 1.35. The van der Waals surface area contributed by atoms with Crippen LogP contribution < -0.4 is 9.47 Å². The number of hydrogen-bond donors (Lipinski definition) is 1. The first-order valence-corrected chi connectivity index (χ1v) is 12.4. The first-order chi connectivity index (χ1) is 17.0. The van der Waals surface area contributed by atoms with E-state index in [1.807, 2.05) is 0 Å². The molecule has 1 saturated carbocycles. The minimum absolute atomic E-state index is 0.0113. The normalized spacial score (nSPS) is 19.5. The Hall–Kier alpha value is -3.46. The van der Waals surface area contributed by atoms with Crippen LogP contribution in [0.2, 0.25) is 0 Å². The Kier molecular flexibility index (Phi) is 6.68. The molecule has 2 aromatic carbocycles. The average Bonchev–Trinajstić information content (AvgIpc) is 3.31. The largest absolute Gasteiger partial charge is 0.493 e. The summed E-state index contributed by atoms with van der Waals surface area (Å²) in [5, 5.41) is 16.1. The molecule has 2 aromatic rings. The molecule has 35 heavy (non-hydrogen) atoms. The van der Waals surface area contributed by atoms with Crippen molar-refractivity contribution in [2.24, 2.45) is 16.0 Å². The summed E-state index contributed by atoms with van der Waals surface area (Å²) in [4.78, 5) is 17.0. The van der Waals surface area contributed by atoms with Crippen LogP contribution in [0.1, 0.15) is 43.2 Å². The molecular weight excluding hydrogens is 467 g/mol. The van der Waals surface area contributed by atoms with Gasteiger partial charge in [0.15, 0.2) is 17.3 Å². The molecule has 180 valence electrons. The summed E-state index contributed by atoms with van der Waals surface area (Å²) in [6, 6.07) is 11.6. The first-order valence-electron chi connectivity index (χ1n) is 11.6. The molecule has 0 saturated heterocycles. The van der Waals surface area contributed by atoms with Crippen LogP contribution in [0.25, 0.3) is 6.08 Å². The molecule has 0 unspecified atom stereocenters. The molecule has 1 aliphatic carbocycles.